The van der Waals surface area contributed by atoms with Crippen molar-refractivity contribution >= 4 is 11.8 Å². The summed E-state index contributed by atoms with van der Waals surface area (Å²) in [5.74, 6) is 2.88. The van der Waals surface area contributed by atoms with Crippen molar-refractivity contribution in [3.05, 3.63) is 17.5 Å². The first-order valence-electron chi connectivity index (χ1n) is 7.07. The average molecular weight is 281 g/mol. The fraction of sp³-hybridized carbons (Fsp3) is 0.786. The zero-order valence-corrected chi connectivity index (χ0v) is 12.6. The summed E-state index contributed by atoms with van der Waals surface area (Å²) in [5.41, 5.74) is 8.83. The van der Waals surface area contributed by atoms with Crippen LogP contribution in [0.5, 0.6) is 0 Å². The van der Waals surface area contributed by atoms with Gasteiger partial charge in [-0.15, -0.1) is 0 Å². The summed E-state index contributed by atoms with van der Waals surface area (Å²) in [6, 6.07) is 2.20. The van der Waals surface area contributed by atoms with Gasteiger partial charge in [0.25, 0.3) is 0 Å². The van der Waals surface area contributed by atoms with Crippen LogP contribution in [0.3, 0.4) is 0 Å². The number of thioether (sulfide) groups is 1. The Morgan fingerprint density at radius 2 is 2.47 bits per heavy atom. The highest BCUT2D eigenvalue weighted by Gasteiger charge is 2.42. The number of ether oxygens (including phenoxy) is 1. The predicted octanol–water partition coefficient (Wildman–Crippen LogP) is 2.03. The smallest absolute Gasteiger partial charge is 0.0783 e. The molecule has 1 aromatic heterocycles. The van der Waals surface area contributed by atoms with Gasteiger partial charge in [0.1, 0.15) is 0 Å². The molecular formula is C14H23N3OS. The second kappa shape index (κ2) is 5.11. The standard InChI is InChI=1S/C14H23N3OS/c1-10-7-12(17(2)16-10)13(15)11-3-5-18-14(8-11)4-6-19-9-14/h7,11,13H,3-6,8-9,15H2,1-2H3. The topological polar surface area (TPSA) is 53.1 Å². The Morgan fingerprint density at radius 1 is 1.63 bits per heavy atom. The third kappa shape index (κ3) is 2.56. The SMILES string of the molecule is Cc1cc(C(N)C2CCOC3(CCSC3)C2)n(C)n1. The lowest BCUT2D eigenvalue weighted by Gasteiger charge is -2.40. The van der Waals surface area contributed by atoms with Gasteiger partial charge in [0.15, 0.2) is 0 Å². The molecule has 1 aromatic rings. The number of rotatable bonds is 2. The molecule has 5 heteroatoms. The first-order chi connectivity index (χ1) is 9.10. The normalized spacial score (nSPS) is 32.9. The average Bonchev–Trinajstić information content (AvgIpc) is 2.96. The minimum Gasteiger partial charge on any atom is -0.374 e. The molecule has 2 N–H and O–H groups in total. The van der Waals surface area contributed by atoms with Gasteiger partial charge in [0.05, 0.1) is 17.0 Å². The summed E-state index contributed by atoms with van der Waals surface area (Å²) in [4.78, 5) is 0. The largest absolute Gasteiger partial charge is 0.374 e. The highest BCUT2D eigenvalue weighted by atomic mass is 32.2. The minimum absolute atomic E-state index is 0.0811. The van der Waals surface area contributed by atoms with Crippen LogP contribution < -0.4 is 5.73 Å². The summed E-state index contributed by atoms with van der Waals surface area (Å²) in [6.45, 7) is 2.88. The lowest BCUT2D eigenvalue weighted by molar-refractivity contribution is -0.0837. The Labute approximate surface area is 119 Å². The van der Waals surface area contributed by atoms with E-state index in [-0.39, 0.29) is 11.6 Å². The van der Waals surface area contributed by atoms with Crippen molar-refractivity contribution in [3.63, 3.8) is 0 Å². The molecule has 2 saturated heterocycles. The van der Waals surface area contributed by atoms with E-state index in [1.54, 1.807) is 0 Å². The van der Waals surface area contributed by atoms with Crippen LogP contribution in [0.25, 0.3) is 0 Å². The van der Waals surface area contributed by atoms with Crippen molar-refractivity contribution in [2.24, 2.45) is 18.7 Å². The van der Waals surface area contributed by atoms with Crippen LogP contribution in [0.1, 0.15) is 36.7 Å². The third-order valence-corrected chi connectivity index (χ3v) is 5.71. The molecule has 0 aromatic carbocycles. The molecule has 1 spiro atoms. The number of hydrogen-bond acceptors (Lipinski definition) is 4. The number of hydrogen-bond donors (Lipinski definition) is 1. The molecule has 3 rings (SSSR count). The summed E-state index contributed by atoms with van der Waals surface area (Å²) in [5, 5.41) is 4.42. The molecule has 0 amide bonds. The van der Waals surface area contributed by atoms with Crippen LogP contribution in [0, 0.1) is 12.8 Å². The molecule has 0 aliphatic carbocycles. The van der Waals surface area contributed by atoms with Gasteiger partial charge < -0.3 is 10.5 Å². The van der Waals surface area contributed by atoms with E-state index in [2.05, 4.69) is 11.2 Å². The molecule has 2 aliphatic rings. The molecule has 2 fully saturated rings. The molecule has 4 nitrogen and oxygen atoms in total. The van der Waals surface area contributed by atoms with Gasteiger partial charge in [0, 0.05) is 25.4 Å². The molecule has 3 atom stereocenters. The van der Waals surface area contributed by atoms with Crippen molar-refractivity contribution in [2.45, 2.75) is 37.8 Å². The Balaban J connectivity index is 1.76. The van der Waals surface area contributed by atoms with E-state index >= 15 is 0 Å². The molecule has 3 unspecified atom stereocenters. The van der Waals surface area contributed by atoms with Crippen LogP contribution in [0.2, 0.25) is 0 Å². The Hall–Kier alpha value is -0.520. The maximum atomic E-state index is 6.51. The molecule has 106 valence electrons. The van der Waals surface area contributed by atoms with Gasteiger partial charge in [0.2, 0.25) is 0 Å². The summed E-state index contributed by atoms with van der Waals surface area (Å²) in [6.07, 6.45) is 3.36. The van der Waals surface area contributed by atoms with Gasteiger partial charge in [-0.3, -0.25) is 4.68 Å². The van der Waals surface area contributed by atoms with Gasteiger partial charge in [-0.05, 0) is 43.9 Å². The van der Waals surface area contributed by atoms with E-state index in [1.165, 1.54) is 12.2 Å². The monoisotopic (exact) mass is 281 g/mol. The minimum atomic E-state index is 0.0811. The van der Waals surface area contributed by atoms with Crippen molar-refractivity contribution < 1.29 is 4.74 Å². The van der Waals surface area contributed by atoms with Crippen molar-refractivity contribution in [1.29, 1.82) is 0 Å². The number of aromatic nitrogens is 2. The second-order valence-electron chi connectivity index (χ2n) is 5.95. The zero-order chi connectivity index (χ0) is 13.5. The lowest BCUT2D eigenvalue weighted by Crippen LogP contribution is -2.43. The van der Waals surface area contributed by atoms with Crippen molar-refractivity contribution in [3.8, 4) is 0 Å². The van der Waals surface area contributed by atoms with Crippen LogP contribution in [0.4, 0.5) is 0 Å². The van der Waals surface area contributed by atoms with Gasteiger partial charge in [-0.1, -0.05) is 0 Å². The predicted molar refractivity (Wildman–Crippen MR) is 78.2 cm³/mol. The van der Waals surface area contributed by atoms with E-state index in [0.717, 1.165) is 36.6 Å². The van der Waals surface area contributed by atoms with Crippen LogP contribution in [-0.2, 0) is 11.8 Å². The third-order valence-electron chi connectivity index (χ3n) is 4.49. The molecule has 0 bridgehead atoms. The lowest BCUT2D eigenvalue weighted by atomic mass is 9.80. The van der Waals surface area contributed by atoms with E-state index in [0.29, 0.717) is 5.92 Å². The van der Waals surface area contributed by atoms with E-state index in [4.69, 9.17) is 10.5 Å². The van der Waals surface area contributed by atoms with Gasteiger partial charge in [-0.2, -0.15) is 16.9 Å². The van der Waals surface area contributed by atoms with Gasteiger partial charge in [-0.25, -0.2) is 0 Å². The first-order valence-corrected chi connectivity index (χ1v) is 8.23. The highest BCUT2D eigenvalue weighted by molar-refractivity contribution is 7.99. The molecule has 3 heterocycles. The number of nitrogens with zero attached hydrogens (tertiary/aromatic N) is 2. The molecule has 0 saturated carbocycles. The summed E-state index contributed by atoms with van der Waals surface area (Å²) < 4.78 is 8.02. The Bertz CT molecular complexity index is 454. The van der Waals surface area contributed by atoms with Crippen LogP contribution in [0.15, 0.2) is 6.07 Å². The molecule has 2 aliphatic heterocycles. The van der Waals surface area contributed by atoms with E-state index in [9.17, 15) is 0 Å². The maximum Gasteiger partial charge on any atom is 0.0783 e. The first kappa shape index (κ1) is 13.5. The van der Waals surface area contributed by atoms with Crippen LogP contribution >= 0.6 is 11.8 Å². The molecule has 0 radical (unpaired) electrons. The van der Waals surface area contributed by atoms with Gasteiger partial charge >= 0.3 is 0 Å². The number of nitrogens with two attached hydrogens (primary N) is 1. The second-order valence-corrected chi connectivity index (χ2v) is 7.05. The Morgan fingerprint density at radius 3 is 3.11 bits per heavy atom. The molecular weight excluding hydrogens is 258 g/mol. The summed E-state index contributed by atoms with van der Waals surface area (Å²) >= 11 is 2.01. The van der Waals surface area contributed by atoms with Crippen molar-refractivity contribution in [1.82, 2.24) is 9.78 Å². The van der Waals surface area contributed by atoms with Crippen LogP contribution in [-0.4, -0.2) is 33.5 Å². The highest BCUT2D eigenvalue weighted by Crippen LogP contribution is 2.43. The van der Waals surface area contributed by atoms with E-state index < -0.39 is 0 Å². The fourth-order valence-corrected chi connectivity index (χ4v) is 4.80. The fourth-order valence-electron chi connectivity index (χ4n) is 3.42. The quantitative estimate of drug-likeness (QED) is 0.901. The van der Waals surface area contributed by atoms with Crippen molar-refractivity contribution in [2.75, 3.05) is 18.1 Å². The van der Waals surface area contributed by atoms with E-state index in [1.807, 2.05) is 30.4 Å². The Kier molecular flexibility index (Phi) is 3.62. The summed E-state index contributed by atoms with van der Waals surface area (Å²) in [7, 11) is 1.99. The molecule has 19 heavy (non-hydrogen) atoms. The maximum absolute atomic E-state index is 6.51. The zero-order valence-electron chi connectivity index (χ0n) is 11.8. The number of aryl methyl sites for hydroxylation is 2.